The quantitative estimate of drug-likeness (QED) is 0.541. The number of carbonyl (C=O) groups is 2. The second kappa shape index (κ2) is 7.58. The van der Waals surface area contributed by atoms with Gasteiger partial charge in [-0.2, -0.15) is 5.26 Å². The van der Waals surface area contributed by atoms with E-state index < -0.39 is 11.8 Å². The molecule has 2 amide bonds. The molecule has 27 heavy (non-hydrogen) atoms. The van der Waals surface area contributed by atoms with Gasteiger partial charge in [-0.15, -0.1) is 0 Å². The Morgan fingerprint density at radius 3 is 2.70 bits per heavy atom. The summed E-state index contributed by atoms with van der Waals surface area (Å²) in [6.45, 7) is 1.94. The van der Waals surface area contributed by atoms with E-state index >= 15 is 0 Å². The van der Waals surface area contributed by atoms with Gasteiger partial charge in [0.15, 0.2) is 0 Å². The topological polar surface area (TPSA) is 101 Å². The van der Waals surface area contributed by atoms with Crippen LogP contribution in [-0.2, 0) is 16.1 Å². The van der Waals surface area contributed by atoms with Crippen LogP contribution in [0.4, 0.5) is 5.69 Å². The predicted molar refractivity (Wildman–Crippen MR) is 105 cm³/mol. The van der Waals surface area contributed by atoms with Crippen LogP contribution >= 0.6 is 0 Å². The first-order valence-electron chi connectivity index (χ1n) is 8.34. The fraction of sp³-hybridized carbons (Fsp3) is 0.0952. The minimum atomic E-state index is -0.491. The van der Waals surface area contributed by atoms with E-state index in [4.69, 9.17) is 5.73 Å². The van der Waals surface area contributed by atoms with Crippen LogP contribution in [-0.4, -0.2) is 16.4 Å². The average molecular weight is 358 g/mol. The number of hydrogen-bond acceptors (Lipinski definition) is 3. The monoisotopic (exact) mass is 358 g/mol. The number of aryl methyl sites for hydroxylation is 1. The molecule has 0 saturated carbocycles. The molecule has 0 unspecified atom stereocenters. The lowest BCUT2D eigenvalue weighted by molar-refractivity contribution is -0.118. The second-order valence-electron chi connectivity index (χ2n) is 6.19. The molecular formula is C21H18N4O2. The summed E-state index contributed by atoms with van der Waals surface area (Å²) in [4.78, 5) is 23.8. The number of nitrogens with zero attached hydrogens (tertiary/aromatic N) is 2. The number of fused-ring (bicyclic) bond motifs is 1. The molecule has 1 heterocycles. The molecule has 0 radical (unpaired) electrons. The molecule has 6 nitrogen and oxygen atoms in total. The molecule has 0 spiro atoms. The number of para-hydroxylation sites is 1. The zero-order chi connectivity index (χ0) is 19.4. The summed E-state index contributed by atoms with van der Waals surface area (Å²) in [7, 11) is 0. The fourth-order valence-electron chi connectivity index (χ4n) is 2.91. The lowest BCUT2D eigenvalue weighted by Crippen LogP contribution is -2.17. The van der Waals surface area contributed by atoms with E-state index in [0.717, 1.165) is 16.5 Å². The van der Waals surface area contributed by atoms with Crippen LogP contribution in [0.5, 0.6) is 0 Å². The Bertz CT molecular complexity index is 1100. The highest BCUT2D eigenvalue weighted by molar-refractivity contribution is 6.10. The number of anilines is 1. The molecule has 0 atom stereocenters. The Kier molecular flexibility index (Phi) is 5.04. The van der Waals surface area contributed by atoms with E-state index in [-0.39, 0.29) is 12.1 Å². The van der Waals surface area contributed by atoms with Gasteiger partial charge in [0.05, 0.1) is 0 Å². The number of nitrogens with one attached hydrogen (secondary N) is 1. The van der Waals surface area contributed by atoms with E-state index in [1.54, 1.807) is 16.8 Å². The van der Waals surface area contributed by atoms with E-state index in [1.165, 1.54) is 6.08 Å². The highest BCUT2D eigenvalue weighted by atomic mass is 16.2. The minimum Gasteiger partial charge on any atom is -0.368 e. The van der Waals surface area contributed by atoms with Crippen molar-refractivity contribution in [2.75, 3.05) is 5.32 Å². The number of rotatable bonds is 5. The van der Waals surface area contributed by atoms with Crippen molar-refractivity contribution in [1.29, 1.82) is 5.26 Å². The Labute approximate surface area is 156 Å². The normalized spacial score (nSPS) is 11.2. The number of nitriles is 1. The summed E-state index contributed by atoms with van der Waals surface area (Å²) < 4.78 is 1.71. The van der Waals surface area contributed by atoms with E-state index in [9.17, 15) is 14.9 Å². The number of benzene rings is 2. The maximum Gasteiger partial charge on any atom is 0.266 e. The molecule has 134 valence electrons. The van der Waals surface area contributed by atoms with Crippen molar-refractivity contribution < 1.29 is 9.59 Å². The van der Waals surface area contributed by atoms with Gasteiger partial charge in [0.25, 0.3) is 5.91 Å². The van der Waals surface area contributed by atoms with Gasteiger partial charge in [-0.25, -0.2) is 0 Å². The number of carbonyl (C=O) groups excluding carboxylic acids is 2. The van der Waals surface area contributed by atoms with Crippen LogP contribution < -0.4 is 11.1 Å². The third-order valence-corrected chi connectivity index (χ3v) is 4.09. The molecule has 0 aliphatic rings. The summed E-state index contributed by atoms with van der Waals surface area (Å²) in [6, 6.07) is 16.7. The highest BCUT2D eigenvalue weighted by Gasteiger charge is 2.13. The van der Waals surface area contributed by atoms with Crippen molar-refractivity contribution in [3.63, 3.8) is 0 Å². The SMILES string of the molecule is Cc1cccc(NC(=O)/C(C#N)=C\c2cn(CC(N)=O)c3ccccc23)c1. The van der Waals surface area contributed by atoms with Gasteiger partial charge in [-0.05, 0) is 36.8 Å². The smallest absolute Gasteiger partial charge is 0.266 e. The zero-order valence-corrected chi connectivity index (χ0v) is 14.8. The Morgan fingerprint density at radius 2 is 2.00 bits per heavy atom. The Hall–Kier alpha value is -3.85. The van der Waals surface area contributed by atoms with Crippen molar-refractivity contribution in [3.8, 4) is 6.07 Å². The van der Waals surface area contributed by atoms with E-state index in [2.05, 4.69) is 5.32 Å². The average Bonchev–Trinajstić information content (AvgIpc) is 2.96. The minimum absolute atomic E-state index is 0.0196. The van der Waals surface area contributed by atoms with Gasteiger partial charge >= 0.3 is 0 Å². The van der Waals surface area contributed by atoms with Gasteiger partial charge in [-0.1, -0.05) is 30.3 Å². The molecule has 0 aliphatic carbocycles. The highest BCUT2D eigenvalue weighted by Crippen LogP contribution is 2.24. The molecule has 3 rings (SSSR count). The van der Waals surface area contributed by atoms with Crippen LogP contribution in [0.25, 0.3) is 17.0 Å². The number of aromatic nitrogens is 1. The van der Waals surface area contributed by atoms with E-state index in [1.807, 2.05) is 55.5 Å². The van der Waals surface area contributed by atoms with Crippen LogP contribution in [0.2, 0.25) is 0 Å². The van der Waals surface area contributed by atoms with Gasteiger partial charge in [-0.3, -0.25) is 9.59 Å². The summed E-state index contributed by atoms with van der Waals surface area (Å²) in [6.07, 6.45) is 3.23. The van der Waals surface area contributed by atoms with Crippen LogP contribution in [0, 0.1) is 18.3 Å². The van der Waals surface area contributed by atoms with Crippen LogP contribution in [0.3, 0.4) is 0 Å². The van der Waals surface area contributed by atoms with Crippen molar-refractivity contribution in [2.45, 2.75) is 13.5 Å². The molecule has 3 N–H and O–H groups in total. The zero-order valence-electron chi connectivity index (χ0n) is 14.8. The summed E-state index contributed by atoms with van der Waals surface area (Å²) in [5, 5.41) is 13.0. The summed E-state index contributed by atoms with van der Waals surface area (Å²) in [5.74, 6) is -0.959. The summed E-state index contributed by atoms with van der Waals surface area (Å²) >= 11 is 0. The second-order valence-corrected chi connectivity index (χ2v) is 6.19. The standard InChI is InChI=1S/C21H18N4O2/c1-14-5-4-6-17(9-14)24-21(27)15(11-22)10-16-12-25(13-20(23)26)19-8-3-2-7-18(16)19/h2-10,12H,13H2,1H3,(H2,23,26)(H,24,27)/b15-10-. The Balaban J connectivity index is 1.97. The van der Waals surface area contributed by atoms with Crippen molar-refractivity contribution in [2.24, 2.45) is 5.73 Å². The molecule has 0 aliphatic heterocycles. The maximum absolute atomic E-state index is 12.5. The first kappa shape index (κ1) is 18.0. The molecule has 0 fully saturated rings. The molecular weight excluding hydrogens is 340 g/mol. The van der Waals surface area contributed by atoms with Gasteiger partial charge in [0, 0.05) is 28.4 Å². The van der Waals surface area contributed by atoms with Gasteiger partial charge < -0.3 is 15.6 Å². The first-order valence-corrected chi connectivity index (χ1v) is 8.34. The predicted octanol–water partition coefficient (Wildman–Crippen LogP) is 2.98. The lowest BCUT2D eigenvalue weighted by atomic mass is 10.1. The maximum atomic E-state index is 12.5. The third-order valence-electron chi connectivity index (χ3n) is 4.09. The molecule has 0 saturated heterocycles. The lowest BCUT2D eigenvalue weighted by Gasteiger charge is -2.05. The Morgan fingerprint density at radius 1 is 1.22 bits per heavy atom. The fourth-order valence-corrected chi connectivity index (χ4v) is 2.91. The molecule has 6 heteroatoms. The van der Waals surface area contributed by atoms with Gasteiger partial charge in [0.1, 0.15) is 18.2 Å². The number of nitrogens with two attached hydrogens (primary N) is 1. The molecule has 1 aromatic heterocycles. The largest absolute Gasteiger partial charge is 0.368 e. The number of hydrogen-bond donors (Lipinski definition) is 2. The number of primary amides is 1. The van der Waals surface area contributed by atoms with Gasteiger partial charge in [0.2, 0.25) is 5.91 Å². The van der Waals surface area contributed by atoms with Crippen molar-refractivity contribution in [1.82, 2.24) is 4.57 Å². The van der Waals surface area contributed by atoms with Crippen molar-refractivity contribution in [3.05, 3.63) is 71.4 Å². The van der Waals surface area contributed by atoms with Crippen LogP contribution in [0.1, 0.15) is 11.1 Å². The van der Waals surface area contributed by atoms with Crippen molar-refractivity contribution >= 4 is 34.5 Å². The third kappa shape index (κ3) is 4.05. The molecule has 2 aromatic carbocycles. The first-order chi connectivity index (χ1) is 13.0. The number of amides is 2. The van der Waals surface area contributed by atoms with E-state index in [0.29, 0.717) is 11.3 Å². The van der Waals surface area contributed by atoms with Crippen LogP contribution in [0.15, 0.2) is 60.3 Å². The molecule has 3 aromatic rings. The molecule has 0 bridgehead atoms. The summed E-state index contributed by atoms with van der Waals surface area (Å²) in [5.41, 5.74) is 8.38.